The van der Waals surface area contributed by atoms with Crippen molar-refractivity contribution in [3.05, 3.63) is 53.6 Å². The molecule has 0 spiro atoms. The van der Waals surface area contributed by atoms with Crippen LogP contribution in [0.1, 0.15) is 17.5 Å². The average molecular weight is 396 g/mol. The Bertz CT molecular complexity index is 862. The van der Waals surface area contributed by atoms with Crippen LogP contribution in [0.5, 0.6) is 11.5 Å². The van der Waals surface area contributed by atoms with Crippen LogP contribution in [0.15, 0.2) is 42.5 Å². The summed E-state index contributed by atoms with van der Waals surface area (Å²) in [6.07, 6.45) is 1.80. The van der Waals surface area contributed by atoms with Crippen molar-refractivity contribution >= 4 is 11.6 Å². The van der Waals surface area contributed by atoms with Crippen LogP contribution in [-0.2, 0) is 17.8 Å². The molecule has 0 radical (unpaired) electrons. The molecule has 29 heavy (non-hydrogen) atoms. The number of nitrogens with one attached hydrogen (secondary N) is 1. The molecule has 154 valence electrons. The molecule has 1 amide bonds. The minimum atomic E-state index is -0.0593. The van der Waals surface area contributed by atoms with Crippen LogP contribution in [0, 0.1) is 0 Å². The van der Waals surface area contributed by atoms with Gasteiger partial charge in [-0.05, 0) is 42.7 Å². The van der Waals surface area contributed by atoms with E-state index in [-0.39, 0.29) is 11.9 Å². The van der Waals surface area contributed by atoms with Gasteiger partial charge in [-0.25, -0.2) is 0 Å². The van der Waals surface area contributed by atoms with Crippen LogP contribution >= 0.6 is 0 Å². The molecule has 1 atom stereocenters. The molecule has 0 saturated carbocycles. The molecule has 2 aliphatic rings. The van der Waals surface area contributed by atoms with Crippen molar-refractivity contribution < 1.29 is 14.3 Å². The molecule has 1 N–H and O–H groups in total. The van der Waals surface area contributed by atoms with Crippen LogP contribution in [0.4, 0.5) is 5.69 Å². The number of nitrogens with zero attached hydrogens (tertiary/aromatic N) is 2. The maximum Gasteiger partial charge on any atom is 0.241 e. The third-order valence-electron chi connectivity index (χ3n) is 5.99. The molecule has 0 aliphatic carbocycles. The fraction of sp³-hybridized carbons (Fsp3) is 0.435. The molecule has 6 heteroatoms. The number of anilines is 1. The first-order valence-electron chi connectivity index (χ1n) is 10.2. The molecule has 2 aromatic rings. The zero-order valence-electron chi connectivity index (χ0n) is 17.2. The van der Waals surface area contributed by atoms with Crippen LogP contribution in [-0.4, -0.2) is 62.1 Å². The first-order valence-corrected chi connectivity index (χ1v) is 10.2. The van der Waals surface area contributed by atoms with Crippen molar-refractivity contribution in [1.82, 2.24) is 9.80 Å². The lowest BCUT2D eigenvalue weighted by atomic mass is 10.0. The van der Waals surface area contributed by atoms with E-state index in [1.54, 1.807) is 14.2 Å². The van der Waals surface area contributed by atoms with Crippen LogP contribution in [0.3, 0.4) is 0 Å². The van der Waals surface area contributed by atoms with Gasteiger partial charge in [-0.15, -0.1) is 0 Å². The van der Waals surface area contributed by atoms with Gasteiger partial charge in [0, 0.05) is 44.0 Å². The van der Waals surface area contributed by atoms with E-state index < -0.39 is 0 Å². The highest BCUT2D eigenvalue weighted by molar-refractivity contribution is 5.96. The van der Waals surface area contributed by atoms with Crippen molar-refractivity contribution in [3.63, 3.8) is 0 Å². The van der Waals surface area contributed by atoms with E-state index in [0.29, 0.717) is 0 Å². The van der Waals surface area contributed by atoms with Gasteiger partial charge in [0.15, 0.2) is 0 Å². The molecule has 2 aromatic carbocycles. The SMILES string of the molecule is COc1ccc(OC)c(CN2CCN(C3CCc4ccccc4NC3=O)CC2)c1. The standard InChI is InChI=1S/C23H29N3O3/c1-28-19-8-10-22(29-2)18(15-19)16-25-11-13-26(14-12-25)21-9-7-17-5-3-4-6-20(17)24-23(21)27/h3-6,8,10,15,21H,7,9,11-14,16H2,1-2H3,(H,24,27). The van der Waals surface area contributed by atoms with Crippen LogP contribution in [0.2, 0.25) is 0 Å². The summed E-state index contributed by atoms with van der Waals surface area (Å²) in [5.41, 5.74) is 3.32. The molecule has 6 nitrogen and oxygen atoms in total. The number of ether oxygens (including phenoxy) is 2. The van der Waals surface area contributed by atoms with Gasteiger partial charge in [0.2, 0.25) is 5.91 Å². The summed E-state index contributed by atoms with van der Waals surface area (Å²) in [7, 11) is 3.38. The molecular weight excluding hydrogens is 366 g/mol. The Hall–Kier alpha value is -2.57. The predicted octanol–water partition coefficient (Wildman–Crippen LogP) is 2.77. The lowest BCUT2D eigenvalue weighted by Gasteiger charge is -2.38. The van der Waals surface area contributed by atoms with Gasteiger partial charge in [0.25, 0.3) is 0 Å². The molecule has 1 saturated heterocycles. The fourth-order valence-corrected chi connectivity index (χ4v) is 4.33. The summed E-state index contributed by atoms with van der Waals surface area (Å²) < 4.78 is 10.9. The quantitative estimate of drug-likeness (QED) is 0.844. The number of aryl methyl sites for hydroxylation is 1. The van der Waals surface area contributed by atoms with Crippen LogP contribution < -0.4 is 14.8 Å². The van der Waals surface area contributed by atoms with Crippen LogP contribution in [0.25, 0.3) is 0 Å². The Balaban J connectivity index is 1.37. The Kier molecular flexibility index (Phi) is 6.02. The fourth-order valence-electron chi connectivity index (χ4n) is 4.33. The molecule has 2 aliphatic heterocycles. The van der Waals surface area contributed by atoms with Crippen molar-refractivity contribution in [2.75, 3.05) is 45.7 Å². The molecule has 0 bridgehead atoms. The zero-order valence-corrected chi connectivity index (χ0v) is 17.2. The molecular formula is C23H29N3O3. The van der Waals surface area contributed by atoms with Crippen molar-refractivity contribution in [2.45, 2.75) is 25.4 Å². The second-order valence-electron chi connectivity index (χ2n) is 7.69. The number of para-hydroxylation sites is 1. The number of carbonyl (C=O) groups is 1. The average Bonchev–Trinajstić information content (AvgIpc) is 2.92. The Morgan fingerprint density at radius 3 is 2.59 bits per heavy atom. The minimum Gasteiger partial charge on any atom is -0.497 e. The van der Waals surface area contributed by atoms with E-state index in [1.165, 1.54) is 5.56 Å². The van der Waals surface area contributed by atoms with Gasteiger partial charge in [-0.2, -0.15) is 0 Å². The van der Waals surface area contributed by atoms with E-state index in [1.807, 2.05) is 36.4 Å². The number of fused-ring (bicyclic) bond motifs is 1. The number of hydrogen-bond acceptors (Lipinski definition) is 5. The molecule has 2 heterocycles. The summed E-state index contributed by atoms with van der Waals surface area (Å²) >= 11 is 0. The van der Waals surface area contributed by atoms with Gasteiger partial charge in [0.1, 0.15) is 11.5 Å². The van der Waals surface area contributed by atoms with Gasteiger partial charge < -0.3 is 14.8 Å². The van der Waals surface area contributed by atoms with E-state index >= 15 is 0 Å². The van der Waals surface area contributed by atoms with E-state index in [9.17, 15) is 4.79 Å². The third-order valence-corrected chi connectivity index (χ3v) is 5.99. The number of piperazine rings is 1. The lowest BCUT2D eigenvalue weighted by Crippen LogP contribution is -2.53. The number of amides is 1. The van der Waals surface area contributed by atoms with Gasteiger partial charge >= 0.3 is 0 Å². The second-order valence-corrected chi connectivity index (χ2v) is 7.69. The van der Waals surface area contributed by atoms with Crippen molar-refractivity contribution in [3.8, 4) is 11.5 Å². The summed E-state index contributed by atoms with van der Waals surface area (Å²) in [4.78, 5) is 17.6. The highest BCUT2D eigenvalue weighted by Crippen LogP contribution is 2.27. The number of methoxy groups -OCH3 is 2. The monoisotopic (exact) mass is 395 g/mol. The molecule has 0 aromatic heterocycles. The van der Waals surface area contributed by atoms with E-state index in [2.05, 4.69) is 21.2 Å². The van der Waals surface area contributed by atoms with Gasteiger partial charge in [-0.3, -0.25) is 14.6 Å². The number of carbonyl (C=O) groups excluding carboxylic acids is 1. The minimum absolute atomic E-state index is 0.0593. The number of benzene rings is 2. The summed E-state index contributed by atoms with van der Waals surface area (Å²) in [5.74, 6) is 1.85. The summed E-state index contributed by atoms with van der Waals surface area (Å²) in [5, 5.41) is 3.12. The molecule has 1 unspecified atom stereocenters. The highest BCUT2D eigenvalue weighted by atomic mass is 16.5. The molecule has 4 rings (SSSR count). The van der Waals surface area contributed by atoms with Crippen molar-refractivity contribution in [2.24, 2.45) is 0 Å². The first-order chi connectivity index (χ1) is 14.2. The Morgan fingerprint density at radius 1 is 1.03 bits per heavy atom. The topological polar surface area (TPSA) is 54.0 Å². The third kappa shape index (κ3) is 4.38. The Morgan fingerprint density at radius 2 is 1.83 bits per heavy atom. The summed E-state index contributed by atoms with van der Waals surface area (Å²) in [6.45, 7) is 4.45. The Labute approximate surface area is 172 Å². The zero-order chi connectivity index (χ0) is 20.2. The molecule has 1 fully saturated rings. The highest BCUT2D eigenvalue weighted by Gasteiger charge is 2.31. The lowest BCUT2D eigenvalue weighted by molar-refractivity contribution is -0.122. The van der Waals surface area contributed by atoms with Crippen molar-refractivity contribution in [1.29, 1.82) is 0 Å². The first kappa shape index (κ1) is 19.7. The second kappa shape index (κ2) is 8.84. The number of rotatable bonds is 5. The van der Waals surface area contributed by atoms with Gasteiger partial charge in [-0.1, -0.05) is 18.2 Å². The maximum absolute atomic E-state index is 12.8. The van der Waals surface area contributed by atoms with E-state index in [0.717, 1.165) is 68.3 Å². The van der Waals surface area contributed by atoms with E-state index in [4.69, 9.17) is 9.47 Å². The number of hydrogen-bond donors (Lipinski definition) is 1. The largest absolute Gasteiger partial charge is 0.497 e. The normalized spacial score (nSPS) is 20.5. The predicted molar refractivity (Wildman–Crippen MR) is 114 cm³/mol. The summed E-state index contributed by atoms with van der Waals surface area (Å²) in [6, 6.07) is 14.0. The van der Waals surface area contributed by atoms with Gasteiger partial charge in [0.05, 0.1) is 20.3 Å². The smallest absolute Gasteiger partial charge is 0.241 e. The maximum atomic E-state index is 12.8.